The summed E-state index contributed by atoms with van der Waals surface area (Å²) in [4.78, 5) is 10.5. The van der Waals surface area contributed by atoms with Gasteiger partial charge in [0.1, 0.15) is 0 Å². The molecule has 0 saturated carbocycles. The van der Waals surface area contributed by atoms with Crippen molar-refractivity contribution in [3.63, 3.8) is 0 Å². The molecule has 0 spiro atoms. The summed E-state index contributed by atoms with van der Waals surface area (Å²) in [5.74, 6) is -0.937. The van der Waals surface area contributed by atoms with Crippen molar-refractivity contribution in [1.29, 1.82) is 0 Å². The molecule has 2 N–H and O–H groups in total. The highest BCUT2D eigenvalue weighted by Gasteiger charge is 2.34. The van der Waals surface area contributed by atoms with Crippen LogP contribution in [0.4, 0.5) is 0 Å². The number of hydrogen-bond acceptors (Lipinski definition) is 2. The van der Waals surface area contributed by atoms with Crippen molar-refractivity contribution in [3.8, 4) is 0 Å². The van der Waals surface area contributed by atoms with Gasteiger partial charge in [0.25, 0.3) is 0 Å². The molecule has 0 fully saturated rings. The van der Waals surface area contributed by atoms with Gasteiger partial charge in [0, 0.05) is 11.5 Å². The number of carboxylic acids is 1. The van der Waals surface area contributed by atoms with Crippen LogP contribution in [0, 0.1) is 5.41 Å². The summed E-state index contributed by atoms with van der Waals surface area (Å²) in [5, 5.41) is 18.9. The van der Waals surface area contributed by atoms with Crippen molar-refractivity contribution in [3.05, 3.63) is 58.7 Å². The van der Waals surface area contributed by atoms with Gasteiger partial charge in [0.15, 0.2) is 0 Å². The van der Waals surface area contributed by atoms with Crippen LogP contribution in [-0.2, 0) is 4.79 Å². The average molecular weight is 316 g/mol. The van der Waals surface area contributed by atoms with Gasteiger partial charge in [-0.3, -0.25) is 0 Å². The Balaban J connectivity index is 2.85. The van der Waals surface area contributed by atoms with Crippen molar-refractivity contribution in [2.24, 2.45) is 5.41 Å². The van der Waals surface area contributed by atoms with E-state index in [2.05, 4.69) is 26.8 Å². The van der Waals surface area contributed by atoms with E-state index in [0.29, 0.717) is 5.57 Å². The summed E-state index contributed by atoms with van der Waals surface area (Å²) >= 11 is 0. The quantitative estimate of drug-likeness (QED) is 0.577. The van der Waals surface area contributed by atoms with Gasteiger partial charge < -0.3 is 10.2 Å². The van der Waals surface area contributed by atoms with E-state index in [1.165, 1.54) is 17.2 Å². The summed E-state index contributed by atoms with van der Waals surface area (Å²) in [5.41, 5.74) is 4.08. The number of hydrogen-bond donors (Lipinski definition) is 2. The Morgan fingerprint density at radius 2 is 1.87 bits per heavy atom. The van der Waals surface area contributed by atoms with Crippen LogP contribution in [0.15, 0.2) is 58.7 Å². The molecule has 126 valence electrons. The predicted octanol–water partition coefficient (Wildman–Crippen LogP) is 4.57. The van der Waals surface area contributed by atoms with E-state index in [1.54, 1.807) is 13.0 Å². The van der Waals surface area contributed by atoms with Crippen LogP contribution >= 0.6 is 0 Å². The van der Waals surface area contributed by atoms with Crippen LogP contribution in [-0.4, -0.2) is 22.3 Å². The van der Waals surface area contributed by atoms with Crippen molar-refractivity contribution >= 4 is 5.97 Å². The molecular formula is C20H28O3. The van der Waals surface area contributed by atoms with Crippen LogP contribution in [0.2, 0.25) is 0 Å². The molecule has 0 amide bonds. The molecule has 3 heteroatoms. The lowest BCUT2D eigenvalue weighted by molar-refractivity contribution is -0.131. The van der Waals surface area contributed by atoms with Crippen LogP contribution in [0.3, 0.4) is 0 Å². The standard InChI is InChI=1S/C20H28O3/c1-14(7-6-8-15(2)13-19(22)23)9-11-17-16(3)10-12-18(21)20(17,4)5/h6-9,11,13,18,21H,10,12H2,1-5H3,(H,22,23). The molecule has 0 bridgehead atoms. The highest BCUT2D eigenvalue weighted by molar-refractivity contribution is 5.81. The van der Waals surface area contributed by atoms with Crippen molar-refractivity contribution in [2.75, 3.05) is 0 Å². The highest BCUT2D eigenvalue weighted by Crippen LogP contribution is 2.41. The van der Waals surface area contributed by atoms with Gasteiger partial charge in [0.2, 0.25) is 0 Å². The van der Waals surface area contributed by atoms with E-state index in [0.717, 1.165) is 18.4 Å². The normalized spacial score (nSPS) is 23.1. The largest absolute Gasteiger partial charge is 0.478 e. The minimum Gasteiger partial charge on any atom is -0.478 e. The van der Waals surface area contributed by atoms with Crippen molar-refractivity contribution < 1.29 is 15.0 Å². The zero-order valence-corrected chi connectivity index (χ0v) is 14.8. The molecule has 0 aromatic rings. The molecule has 0 radical (unpaired) electrons. The van der Waals surface area contributed by atoms with E-state index in [9.17, 15) is 9.90 Å². The van der Waals surface area contributed by atoms with E-state index in [-0.39, 0.29) is 11.5 Å². The fourth-order valence-electron chi connectivity index (χ4n) is 2.80. The number of rotatable bonds is 5. The molecule has 1 aliphatic carbocycles. The Labute approximate surface area is 139 Å². The van der Waals surface area contributed by atoms with Gasteiger partial charge >= 0.3 is 5.97 Å². The fourth-order valence-corrected chi connectivity index (χ4v) is 2.80. The van der Waals surface area contributed by atoms with Gasteiger partial charge in [-0.1, -0.05) is 55.4 Å². The van der Waals surface area contributed by atoms with E-state index < -0.39 is 5.97 Å². The molecule has 1 aliphatic rings. The van der Waals surface area contributed by atoms with E-state index in [4.69, 9.17) is 5.11 Å². The second-order valence-electron chi connectivity index (χ2n) is 6.80. The maximum atomic E-state index is 10.5. The topological polar surface area (TPSA) is 57.5 Å². The highest BCUT2D eigenvalue weighted by atomic mass is 16.4. The first-order valence-electron chi connectivity index (χ1n) is 7.97. The lowest BCUT2D eigenvalue weighted by Crippen LogP contribution is -2.34. The Hall–Kier alpha value is -1.87. The third-order valence-corrected chi connectivity index (χ3v) is 4.36. The number of aliphatic hydroxyl groups is 1. The van der Waals surface area contributed by atoms with Crippen molar-refractivity contribution in [1.82, 2.24) is 0 Å². The second kappa shape index (κ2) is 8.11. The lowest BCUT2D eigenvalue weighted by Gasteiger charge is -2.37. The maximum absolute atomic E-state index is 10.5. The van der Waals surface area contributed by atoms with Crippen molar-refractivity contribution in [2.45, 2.75) is 53.6 Å². The Bertz CT molecular complexity index is 598. The van der Waals surface area contributed by atoms with Gasteiger partial charge in [-0.2, -0.15) is 0 Å². The molecule has 1 atom stereocenters. The summed E-state index contributed by atoms with van der Waals surface area (Å²) in [6.45, 7) is 10.0. The minimum atomic E-state index is -0.937. The lowest BCUT2D eigenvalue weighted by atomic mass is 9.70. The number of aliphatic carboxylic acids is 1. The SMILES string of the molecule is CC(C=CC1=C(C)CCC(O)C1(C)C)=CC=CC(C)=CC(=O)O. The van der Waals surface area contributed by atoms with E-state index in [1.807, 2.05) is 25.2 Å². The Kier molecular flexibility index (Phi) is 6.77. The van der Waals surface area contributed by atoms with E-state index >= 15 is 0 Å². The molecule has 0 aromatic carbocycles. The number of carbonyl (C=O) groups is 1. The molecule has 0 saturated heterocycles. The molecule has 1 rings (SSSR count). The zero-order valence-electron chi connectivity index (χ0n) is 14.8. The molecule has 0 aromatic heterocycles. The number of carboxylic acid groups (broad SMARTS) is 1. The van der Waals surface area contributed by atoms with Gasteiger partial charge in [-0.15, -0.1) is 0 Å². The number of allylic oxidation sites excluding steroid dienone is 8. The zero-order chi connectivity index (χ0) is 17.6. The monoisotopic (exact) mass is 316 g/mol. The van der Waals surface area contributed by atoms with Gasteiger partial charge in [-0.25, -0.2) is 4.79 Å². The van der Waals surface area contributed by atoms with Gasteiger partial charge in [0.05, 0.1) is 6.10 Å². The predicted molar refractivity (Wildman–Crippen MR) is 95.2 cm³/mol. The fraction of sp³-hybridized carbons (Fsp3) is 0.450. The molecular weight excluding hydrogens is 288 g/mol. The smallest absolute Gasteiger partial charge is 0.328 e. The molecule has 0 heterocycles. The third-order valence-electron chi connectivity index (χ3n) is 4.36. The first kappa shape index (κ1) is 19.2. The average Bonchev–Trinajstić information content (AvgIpc) is 2.42. The first-order chi connectivity index (χ1) is 10.6. The first-order valence-corrected chi connectivity index (χ1v) is 7.97. The Morgan fingerprint density at radius 3 is 2.48 bits per heavy atom. The molecule has 3 nitrogen and oxygen atoms in total. The summed E-state index contributed by atoms with van der Waals surface area (Å²) in [6.07, 6.45) is 12.3. The minimum absolute atomic E-state index is 0.226. The second-order valence-corrected chi connectivity index (χ2v) is 6.80. The summed E-state index contributed by atoms with van der Waals surface area (Å²) in [7, 11) is 0. The summed E-state index contributed by atoms with van der Waals surface area (Å²) < 4.78 is 0. The molecule has 23 heavy (non-hydrogen) atoms. The Morgan fingerprint density at radius 1 is 1.22 bits per heavy atom. The molecule has 0 aliphatic heterocycles. The number of aliphatic hydroxyl groups excluding tert-OH is 1. The third kappa shape index (κ3) is 5.68. The molecule has 1 unspecified atom stereocenters. The van der Waals surface area contributed by atoms with Gasteiger partial charge in [-0.05, 0) is 44.8 Å². The van der Waals surface area contributed by atoms with Crippen LogP contribution in [0.5, 0.6) is 0 Å². The van der Waals surface area contributed by atoms with Crippen LogP contribution < -0.4 is 0 Å². The van der Waals surface area contributed by atoms with Crippen LogP contribution in [0.25, 0.3) is 0 Å². The maximum Gasteiger partial charge on any atom is 0.328 e. The van der Waals surface area contributed by atoms with Crippen LogP contribution in [0.1, 0.15) is 47.5 Å². The summed E-state index contributed by atoms with van der Waals surface area (Å²) in [6, 6.07) is 0.